The van der Waals surface area contributed by atoms with Crippen molar-refractivity contribution in [2.75, 3.05) is 6.61 Å². The van der Waals surface area contributed by atoms with Crippen LogP contribution in [0.1, 0.15) is 18.7 Å². The molecule has 1 aromatic heterocycles. The molecule has 0 radical (unpaired) electrons. The van der Waals surface area contributed by atoms with Gasteiger partial charge in [0, 0.05) is 17.7 Å². The van der Waals surface area contributed by atoms with E-state index in [4.69, 9.17) is 9.84 Å². The molecule has 1 aliphatic heterocycles. The predicted octanol–water partition coefficient (Wildman–Crippen LogP) is -1.27. The number of nitrogens with one attached hydrogen (secondary N) is 1. The van der Waals surface area contributed by atoms with Crippen LogP contribution in [0.5, 0.6) is 0 Å². The van der Waals surface area contributed by atoms with Crippen molar-refractivity contribution in [3.63, 3.8) is 0 Å². The van der Waals surface area contributed by atoms with E-state index in [9.17, 15) is 14.7 Å². The van der Waals surface area contributed by atoms with Crippen molar-refractivity contribution in [3.8, 4) is 0 Å². The van der Waals surface area contributed by atoms with Gasteiger partial charge in [-0.3, -0.25) is 14.3 Å². The number of aryl methyl sites for hydroxylation is 1. The number of aromatic amines is 1. The molecule has 7 heteroatoms. The molecular weight excluding hydrogens is 240 g/mol. The highest BCUT2D eigenvalue weighted by Crippen LogP contribution is 2.33. The molecule has 0 spiro atoms. The first-order chi connectivity index (χ1) is 8.45. The lowest BCUT2D eigenvalue weighted by molar-refractivity contribution is -0.0477. The summed E-state index contributed by atoms with van der Waals surface area (Å²) in [4.78, 5) is 25.2. The zero-order valence-corrected chi connectivity index (χ0v) is 10.2. The number of aliphatic hydroxyl groups excluding tert-OH is 2. The Bertz CT molecular complexity index is 549. The van der Waals surface area contributed by atoms with Crippen LogP contribution in [0, 0.1) is 12.8 Å². The number of aliphatic hydroxyl groups is 2. The van der Waals surface area contributed by atoms with Gasteiger partial charge < -0.3 is 14.9 Å². The van der Waals surface area contributed by atoms with Crippen LogP contribution in [0.4, 0.5) is 0 Å². The molecule has 1 saturated heterocycles. The van der Waals surface area contributed by atoms with Crippen molar-refractivity contribution < 1.29 is 14.9 Å². The number of hydrogen-bond acceptors (Lipinski definition) is 5. The summed E-state index contributed by atoms with van der Waals surface area (Å²) in [6.07, 6.45) is -0.863. The number of ether oxygens (including phenoxy) is 1. The van der Waals surface area contributed by atoms with Crippen molar-refractivity contribution in [3.05, 3.63) is 32.6 Å². The maximum Gasteiger partial charge on any atom is 0.330 e. The SMILES string of the molecule is Cc1cn([C@H]2O[C@@H](CO)[C@H](O)[C@H]2C)c(=O)[nH]c1=O. The zero-order valence-electron chi connectivity index (χ0n) is 10.2. The van der Waals surface area contributed by atoms with Gasteiger partial charge >= 0.3 is 5.69 Å². The van der Waals surface area contributed by atoms with Crippen molar-refractivity contribution >= 4 is 0 Å². The minimum Gasteiger partial charge on any atom is -0.394 e. The highest BCUT2D eigenvalue weighted by molar-refractivity contribution is 5.02. The average molecular weight is 256 g/mol. The molecule has 0 bridgehead atoms. The van der Waals surface area contributed by atoms with Gasteiger partial charge in [-0.1, -0.05) is 6.92 Å². The molecule has 1 fully saturated rings. The Labute approximate surface area is 103 Å². The van der Waals surface area contributed by atoms with Crippen LogP contribution in [0.15, 0.2) is 15.8 Å². The maximum absolute atomic E-state index is 11.7. The van der Waals surface area contributed by atoms with E-state index in [-0.39, 0.29) is 12.5 Å². The molecule has 2 heterocycles. The lowest BCUT2D eigenvalue weighted by atomic mass is 10.0. The first kappa shape index (κ1) is 13.0. The van der Waals surface area contributed by atoms with E-state index in [0.717, 1.165) is 0 Å². The van der Waals surface area contributed by atoms with E-state index in [1.807, 2.05) is 0 Å². The standard InChI is InChI=1S/C11H16N2O5/c1-5-3-13(11(17)12-9(5)16)10-6(2)8(15)7(4-14)18-10/h3,6-8,10,14-15H,4H2,1-2H3,(H,12,16,17)/t6-,7+,8-,10+/m1/s1. The Morgan fingerprint density at radius 3 is 2.72 bits per heavy atom. The molecule has 0 unspecified atom stereocenters. The van der Waals surface area contributed by atoms with Crippen LogP contribution in [-0.2, 0) is 4.74 Å². The number of H-pyrrole nitrogens is 1. The first-order valence-electron chi connectivity index (χ1n) is 5.72. The molecule has 4 atom stereocenters. The summed E-state index contributed by atoms with van der Waals surface area (Å²) in [7, 11) is 0. The summed E-state index contributed by atoms with van der Waals surface area (Å²) < 4.78 is 6.67. The van der Waals surface area contributed by atoms with Crippen molar-refractivity contribution in [1.29, 1.82) is 0 Å². The molecule has 3 N–H and O–H groups in total. The quantitative estimate of drug-likeness (QED) is 0.612. The summed E-state index contributed by atoms with van der Waals surface area (Å²) in [5.74, 6) is -0.356. The predicted molar refractivity (Wildman–Crippen MR) is 62.2 cm³/mol. The second kappa shape index (κ2) is 4.68. The van der Waals surface area contributed by atoms with Crippen molar-refractivity contribution in [2.45, 2.75) is 32.3 Å². The lowest BCUT2D eigenvalue weighted by Crippen LogP contribution is -2.35. The van der Waals surface area contributed by atoms with Crippen molar-refractivity contribution in [1.82, 2.24) is 9.55 Å². The van der Waals surface area contributed by atoms with Gasteiger partial charge in [-0.2, -0.15) is 0 Å². The van der Waals surface area contributed by atoms with Gasteiger partial charge in [-0.05, 0) is 6.92 Å². The van der Waals surface area contributed by atoms with Gasteiger partial charge in [-0.25, -0.2) is 4.79 Å². The molecule has 2 rings (SSSR count). The summed E-state index contributed by atoms with van der Waals surface area (Å²) in [6.45, 7) is 2.98. The third kappa shape index (κ3) is 2.00. The minimum atomic E-state index is -0.848. The van der Waals surface area contributed by atoms with Gasteiger partial charge in [0.1, 0.15) is 12.3 Å². The van der Waals surface area contributed by atoms with Crippen LogP contribution < -0.4 is 11.2 Å². The summed E-state index contributed by atoms with van der Waals surface area (Å²) in [5.41, 5.74) is -0.651. The minimum absolute atomic E-state index is 0.320. The Morgan fingerprint density at radius 1 is 1.50 bits per heavy atom. The average Bonchev–Trinajstić information content (AvgIpc) is 2.61. The van der Waals surface area contributed by atoms with Crippen LogP contribution in [0.25, 0.3) is 0 Å². The van der Waals surface area contributed by atoms with Crippen LogP contribution in [0.3, 0.4) is 0 Å². The maximum atomic E-state index is 11.7. The smallest absolute Gasteiger partial charge is 0.330 e. The molecule has 0 aromatic carbocycles. The van der Waals surface area contributed by atoms with Gasteiger partial charge in [0.2, 0.25) is 0 Å². The zero-order chi connectivity index (χ0) is 13.4. The number of hydrogen-bond donors (Lipinski definition) is 3. The van der Waals surface area contributed by atoms with Crippen LogP contribution >= 0.6 is 0 Å². The molecule has 1 aliphatic rings. The highest BCUT2D eigenvalue weighted by atomic mass is 16.5. The third-order valence-corrected chi connectivity index (χ3v) is 3.28. The molecule has 0 aliphatic carbocycles. The largest absolute Gasteiger partial charge is 0.394 e. The topological polar surface area (TPSA) is 105 Å². The van der Waals surface area contributed by atoms with E-state index in [1.165, 1.54) is 10.8 Å². The van der Waals surface area contributed by atoms with E-state index < -0.39 is 29.7 Å². The van der Waals surface area contributed by atoms with Gasteiger partial charge in [0.25, 0.3) is 5.56 Å². The molecule has 18 heavy (non-hydrogen) atoms. The highest BCUT2D eigenvalue weighted by Gasteiger charge is 2.41. The molecule has 0 saturated carbocycles. The monoisotopic (exact) mass is 256 g/mol. The Morgan fingerprint density at radius 2 is 2.17 bits per heavy atom. The molecule has 7 nitrogen and oxygen atoms in total. The van der Waals surface area contributed by atoms with E-state index >= 15 is 0 Å². The van der Waals surface area contributed by atoms with Crippen LogP contribution in [0.2, 0.25) is 0 Å². The Hall–Kier alpha value is -1.44. The molecule has 100 valence electrons. The van der Waals surface area contributed by atoms with Gasteiger partial charge in [0.15, 0.2) is 0 Å². The van der Waals surface area contributed by atoms with E-state index in [0.29, 0.717) is 5.56 Å². The number of rotatable bonds is 2. The molecular formula is C11H16N2O5. The van der Waals surface area contributed by atoms with Crippen LogP contribution in [-0.4, -0.2) is 38.6 Å². The summed E-state index contributed by atoms with van der Waals surface area (Å²) >= 11 is 0. The fourth-order valence-corrected chi connectivity index (χ4v) is 2.14. The normalized spacial score (nSPS) is 31.8. The fourth-order valence-electron chi connectivity index (χ4n) is 2.14. The second-order valence-electron chi connectivity index (χ2n) is 4.58. The third-order valence-electron chi connectivity index (χ3n) is 3.28. The van der Waals surface area contributed by atoms with Crippen molar-refractivity contribution in [2.24, 2.45) is 5.92 Å². The number of aromatic nitrogens is 2. The first-order valence-corrected chi connectivity index (χ1v) is 5.72. The molecule has 0 amide bonds. The molecule has 1 aromatic rings. The summed E-state index contributed by atoms with van der Waals surface area (Å²) in [6, 6.07) is 0. The number of nitrogens with zero attached hydrogens (tertiary/aromatic N) is 1. The lowest BCUT2D eigenvalue weighted by Gasteiger charge is -2.18. The fraction of sp³-hybridized carbons (Fsp3) is 0.636. The van der Waals surface area contributed by atoms with E-state index in [1.54, 1.807) is 13.8 Å². The van der Waals surface area contributed by atoms with Gasteiger partial charge in [-0.15, -0.1) is 0 Å². The van der Waals surface area contributed by atoms with Gasteiger partial charge in [0.05, 0.1) is 12.7 Å². The van der Waals surface area contributed by atoms with E-state index in [2.05, 4.69) is 4.98 Å². The Balaban J connectivity index is 2.42. The second-order valence-corrected chi connectivity index (χ2v) is 4.58. The Kier molecular flexibility index (Phi) is 3.38. The summed E-state index contributed by atoms with van der Waals surface area (Å²) in [5, 5.41) is 18.9.